The van der Waals surface area contributed by atoms with E-state index in [0.717, 1.165) is 11.4 Å². The van der Waals surface area contributed by atoms with Crippen molar-refractivity contribution in [2.75, 3.05) is 0 Å². The van der Waals surface area contributed by atoms with Gasteiger partial charge in [0.2, 0.25) is 5.91 Å². The lowest BCUT2D eigenvalue weighted by Gasteiger charge is -2.27. The highest BCUT2D eigenvalue weighted by Crippen LogP contribution is 2.25. The molecular formula is C13H21N3OS2. The molecule has 106 valence electrons. The minimum Gasteiger partial charge on any atom is -0.392 e. The Kier molecular flexibility index (Phi) is 5.43. The van der Waals surface area contributed by atoms with Gasteiger partial charge in [-0.1, -0.05) is 26.1 Å². The Morgan fingerprint density at radius 1 is 1.63 bits per heavy atom. The fourth-order valence-electron chi connectivity index (χ4n) is 1.55. The number of carbonyl (C=O) groups excluding carboxylic acids is 1. The van der Waals surface area contributed by atoms with E-state index in [1.807, 2.05) is 20.0 Å². The zero-order valence-corrected chi connectivity index (χ0v) is 13.5. The summed E-state index contributed by atoms with van der Waals surface area (Å²) in [5, 5.41) is 3.86. The van der Waals surface area contributed by atoms with Gasteiger partial charge in [-0.2, -0.15) is 0 Å². The van der Waals surface area contributed by atoms with Crippen LogP contribution in [0.3, 0.4) is 0 Å². The molecule has 2 unspecified atom stereocenters. The fraction of sp³-hybridized carbons (Fsp3) is 0.615. The second kappa shape index (κ2) is 6.43. The van der Waals surface area contributed by atoms with Crippen molar-refractivity contribution in [3.8, 4) is 0 Å². The van der Waals surface area contributed by atoms with Crippen LogP contribution in [0.4, 0.5) is 0 Å². The lowest BCUT2D eigenvalue weighted by Crippen LogP contribution is -2.47. The summed E-state index contributed by atoms with van der Waals surface area (Å²) >= 11 is 6.62. The first-order valence-electron chi connectivity index (χ1n) is 6.40. The number of aromatic nitrogens is 1. The van der Waals surface area contributed by atoms with Crippen LogP contribution in [0, 0.1) is 5.41 Å². The van der Waals surface area contributed by atoms with Gasteiger partial charge in [-0.3, -0.25) is 4.79 Å². The molecular weight excluding hydrogens is 278 g/mol. The van der Waals surface area contributed by atoms with Crippen LogP contribution in [0.5, 0.6) is 0 Å². The number of thiazole rings is 1. The second-order valence-electron chi connectivity index (χ2n) is 4.76. The molecule has 19 heavy (non-hydrogen) atoms. The molecule has 2 atom stereocenters. The molecule has 0 aliphatic carbocycles. The molecule has 0 fully saturated rings. The second-order valence-corrected chi connectivity index (χ2v) is 6.35. The van der Waals surface area contributed by atoms with Gasteiger partial charge in [0, 0.05) is 11.1 Å². The summed E-state index contributed by atoms with van der Waals surface area (Å²) in [7, 11) is 0. The van der Waals surface area contributed by atoms with E-state index in [4.69, 9.17) is 18.0 Å². The SMILES string of the molecule is CCc1cnc(C(C)NC(=O)C(C)(CC)C(N)=S)s1. The Hall–Kier alpha value is -1.01. The molecule has 1 rings (SSSR count). The quantitative estimate of drug-likeness (QED) is 0.792. The number of nitrogens with zero attached hydrogens (tertiary/aromatic N) is 1. The maximum Gasteiger partial charge on any atom is 0.233 e. The lowest BCUT2D eigenvalue weighted by atomic mass is 9.86. The molecule has 3 N–H and O–H groups in total. The average Bonchev–Trinajstić information content (AvgIpc) is 2.86. The number of carbonyl (C=O) groups is 1. The van der Waals surface area contributed by atoms with Gasteiger partial charge >= 0.3 is 0 Å². The smallest absolute Gasteiger partial charge is 0.233 e. The Balaban J connectivity index is 2.78. The van der Waals surface area contributed by atoms with Gasteiger partial charge in [0.15, 0.2) is 0 Å². The average molecular weight is 299 g/mol. The summed E-state index contributed by atoms with van der Waals surface area (Å²) in [4.78, 5) is 18.1. The van der Waals surface area contributed by atoms with Crippen LogP contribution in [-0.4, -0.2) is 15.9 Å². The van der Waals surface area contributed by atoms with Gasteiger partial charge in [0.1, 0.15) is 5.01 Å². The molecule has 1 aromatic rings. The highest BCUT2D eigenvalue weighted by Gasteiger charge is 2.35. The Morgan fingerprint density at radius 2 is 2.26 bits per heavy atom. The van der Waals surface area contributed by atoms with E-state index in [2.05, 4.69) is 17.2 Å². The van der Waals surface area contributed by atoms with Crippen molar-refractivity contribution in [2.24, 2.45) is 11.1 Å². The molecule has 0 aliphatic rings. The van der Waals surface area contributed by atoms with Crippen molar-refractivity contribution in [1.82, 2.24) is 10.3 Å². The highest BCUT2D eigenvalue weighted by molar-refractivity contribution is 7.80. The molecule has 1 aromatic heterocycles. The fourth-order valence-corrected chi connectivity index (χ4v) is 2.65. The number of thiocarbonyl (C=S) groups is 1. The summed E-state index contributed by atoms with van der Waals surface area (Å²) in [6.45, 7) is 7.69. The number of nitrogens with one attached hydrogen (secondary N) is 1. The van der Waals surface area contributed by atoms with Crippen molar-refractivity contribution >= 4 is 34.5 Å². The third kappa shape index (κ3) is 3.51. The zero-order valence-electron chi connectivity index (χ0n) is 11.8. The van der Waals surface area contributed by atoms with Crippen LogP contribution in [0.15, 0.2) is 6.20 Å². The Bertz CT molecular complexity index is 472. The number of rotatable bonds is 6. The van der Waals surface area contributed by atoms with Crippen molar-refractivity contribution in [3.63, 3.8) is 0 Å². The van der Waals surface area contributed by atoms with Crippen molar-refractivity contribution in [3.05, 3.63) is 16.1 Å². The first-order valence-corrected chi connectivity index (χ1v) is 7.63. The summed E-state index contributed by atoms with van der Waals surface area (Å²) in [6.07, 6.45) is 3.39. The van der Waals surface area contributed by atoms with Gasteiger partial charge < -0.3 is 11.1 Å². The number of hydrogen-bond acceptors (Lipinski definition) is 4. The highest BCUT2D eigenvalue weighted by atomic mass is 32.1. The minimum absolute atomic E-state index is 0.127. The maximum atomic E-state index is 12.3. The summed E-state index contributed by atoms with van der Waals surface area (Å²) < 4.78 is 0. The molecule has 1 heterocycles. The predicted molar refractivity (Wildman–Crippen MR) is 83.2 cm³/mol. The summed E-state index contributed by atoms with van der Waals surface area (Å²) in [6, 6.07) is -0.127. The summed E-state index contributed by atoms with van der Waals surface area (Å²) in [5.74, 6) is -0.136. The number of amides is 1. The van der Waals surface area contributed by atoms with Crippen LogP contribution < -0.4 is 11.1 Å². The van der Waals surface area contributed by atoms with E-state index in [1.54, 1.807) is 18.3 Å². The third-order valence-electron chi connectivity index (χ3n) is 3.39. The molecule has 1 amide bonds. The van der Waals surface area contributed by atoms with Crippen LogP contribution in [0.25, 0.3) is 0 Å². The molecule has 0 radical (unpaired) electrons. The molecule has 6 heteroatoms. The van der Waals surface area contributed by atoms with E-state index >= 15 is 0 Å². The summed E-state index contributed by atoms with van der Waals surface area (Å²) in [5.41, 5.74) is 4.88. The van der Waals surface area contributed by atoms with Gasteiger partial charge in [-0.25, -0.2) is 4.98 Å². The Morgan fingerprint density at radius 3 is 2.68 bits per heavy atom. The van der Waals surface area contributed by atoms with E-state index < -0.39 is 5.41 Å². The number of hydrogen-bond donors (Lipinski definition) is 2. The van der Waals surface area contributed by atoms with Gasteiger partial charge in [-0.15, -0.1) is 11.3 Å². The first-order chi connectivity index (χ1) is 8.85. The van der Waals surface area contributed by atoms with E-state index in [9.17, 15) is 4.79 Å². The van der Waals surface area contributed by atoms with Crippen molar-refractivity contribution in [2.45, 2.75) is 46.6 Å². The first kappa shape index (κ1) is 16.0. The topological polar surface area (TPSA) is 68.0 Å². The van der Waals surface area contributed by atoms with Crippen LogP contribution in [0.2, 0.25) is 0 Å². The predicted octanol–water partition coefficient (Wildman–Crippen LogP) is 2.59. The van der Waals surface area contributed by atoms with E-state index in [1.165, 1.54) is 4.88 Å². The Labute approximate surface area is 123 Å². The van der Waals surface area contributed by atoms with Crippen molar-refractivity contribution in [1.29, 1.82) is 0 Å². The number of aryl methyl sites for hydroxylation is 1. The van der Waals surface area contributed by atoms with Crippen LogP contribution in [-0.2, 0) is 11.2 Å². The van der Waals surface area contributed by atoms with E-state index in [0.29, 0.717) is 6.42 Å². The molecule has 0 saturated carbocycles. The minimum atomic E-state index is -0.797. The molecule has 0 aliphatic heterocycles. The third-order valence-corrected chi connectivity index (χ3v) is 5.16. The van der Waals surface area contributed by atoms with E-state index in [-0.39, 0.29) is 16.9 Å². The molecule has 0 spiro atoms. The lowest BCUT2D eigenvalue weighted by molar-refractivity contribution is -0.127. The van der Waals surface area contributed by atoms with Crippen LogP contribution >= 0.6 is 23.6 Å². The van der Waals surface area contributed by atoms with Gasteiger partial charge in [0.25, 0.3) is 0 Å². The monoisotopic (exact) mass is 299 g/mol. The van der Waals surface area contributed by atoms with Gasteiger partial charge in [0.05, 0.1) is 16.4 Å². The number of nitrogens with two attached hydrogens (primary N) is 1. The maximum absolute atomic E-state index is 12.3. The normalized spacial score (nSPS) is 15.6. The van der Waals surface area contributed by atoms with Crippen molar-refractivity contribution < 1.29 is 4.79 Å². The molecule has 4 nitrogen and oxygen atoms in total. The zero-order chi connectivity index (χ0) is 14.6. The molecule has 0 saturated heterocycles. The molecule has 0 aromatic carbocycles. The van der Waals surface area contributed by atoms with Gasteiger partial charge in [-0.05, 0) is 26.7 Å². The van der Waals surface area contributed by atoms with Crippen LogP contribution in [0.1, 0.15) is 50.0 Å². The standard InChI is InChI=1S/C13H21N3OS2/c1-5-9-7-15-10(19-9)8(3)16-12(17)13(4,6-2)11(14)18/h7-8H,5-6H2,1-4H3,(H2,14,18)(H,16,17). The molecule has 0 bridgehead atoms. The largest absolute Gasteiger partial charge is 0.392 e.